The van der Waals surface area contributed by atoms with E-state index < -0.39 is 10.7 Å². The van der Waals surface area contributed by atoms with Crippen LogP contribution in [0.3, 0.4) is 0 Å². The van der Waals surface area contributed by atoms with Crippen molar-refractivity contribution in [3.05, 3.63) is 29.3 Å². The lowest BCUT2D eigenvalue weighted by molar-refractivity contribution is 0.295. The zero-order chi connectivity index (χ0) is 10.8. The van der Waals surface area contributed by atoms with E-state index in [-0.39, 0.29) is 5.88 Å². The summed E-state index contributed by atoms with van der Waals surface area (Å²) in [6.45, 7) is 1.50. The molecular formula is C10H14N2O2S. The highest BCUT2D eigenvalue weighted by molar-refractivity contribution is 7.72. The van der Waals surface area contributed by atoms with E-state index in [1.807, 2.05) is 23.1 Å². The molecule has 2 N–H and O–H groups in total. The van der Waals surface area contributed by atoms with E-state index in [2.05, 4.69) is 0 Å². The topological polar surface area (TPSA) is 63.4 Å². The van der Waals surface area contributed by atoms with Crippen LogP contribution in [0, 0.1) is 0 Å². The molecule has 82 valence electrons. The van der Waals surface area contributed by atoms with Gasteiger partial charge in [0.1, 0.15) is 0 Å². The van der Waals surface area contributed by atoms with Crippen LogP contribution in [0.15, 0.2) is 18.2 Å². The summed E-state index contributed by atoms with van der Waals surface area (Å²) >= 11 is 0. The summed E-state index contributed by atoms with van der Waals surface area (Å²) in [5, 5.41) is 0. The standard InChI is InChI=1S/C10H14N2O2S/c11-10-2-1-9-6-12(7-15(13)14)4-3-8(9)5-10/h1-2,5,15H,3-4,6-7,11H2. The van der Waals surface area contributed by atoms with Gasteiger partial charge in [-0.1, -0.05) is 6.07 Å². The molecule has 5 heteroatoms. The molecule has 0 aromatic heterocycles. The maximum atomic E-state index is 10.6. The lowest BCUT2D eigenvalue weighted by Gasteiger charge is -2.26. The van der Waals surface area contributed by atoms with E-state index in [9.17, 15) is 8.42 Å². The van der Waals surface area contributed by atoms with Gasteiger partial charge in [-0.2, -0.15) is 0 Å². The van der Waals surface area contributed by atoms with Gasteiger partial charge in [0.05, 0.1) is 5.88 Å². The van der Waals surface area contributed by atoms with Gasteiger partial charge in [-0.05, 0) is 29.7 Å². The highest BCUT2D eigenvalue weighted by atomic mass is 32.2. The van der Waals surface area contributed by atoms with E-state index in [4.69, 9.17) is 5.73 Å². The number of rotatable bonds is 2. The highest BCUT2D eigenvalue weighted by Gasteiger charge is 2.16. The maximum Gasteiger partial charge on any atom is 0.153 e. The molecule has 1 heterocycles. The van der Waals surface area contributed by atoms with E-state index in [0.717, 1.165) is 18.7 Å². The number of hydrogen-bond acceptors (Lipinski definition) is 4. The quantitative estimate of drug-likeness (QED) is 0.558. The molecule has 4 nitrogen and oxygen atoms in total. The van der Waals surface area contributed by atoms with E-state index in [0.29, 0.717) is 6.54 Å². The van der Waals surface area contributed by atoms with Gasteiger partial charge >= 0.3 is 0 Å². The molecule has 0 unspecified atom stereocenters. The van der Waals surface area contributed by atoms with Gasteiger partial charge in [-0.25, -0.2) is 8.42 Å². The maximum absolute atomic E-state index is 10.6. The lowest BCUT2D eigenvalue weighted by Crippen LogP contribution is -2.31. The van der Waals surface area contributed by atoms with Crippen molar-refractivity contribution in [2.24, 2.45) is 0 Å². The molecule has 1 aromatic rings. The van der Waals surface area contributed by atoms with Crippen molar-refractivity contribution in [3.8, 4) is 0 Å². The zero-order valence-corrected chi connectivity index (χ0v) is 9.24. The second-order valence-corrected chi connectivity index (χ2v) is 4.75. The Morgan fingerprint density at radius 2 is 2.13 bits per heavy atom. The number of nitrogen functional groups attached to an aromatic ring is 1. The first-order valence-electron chi connectivity index (χ1n) is 4.86. The number of nitrogens with two attached hydrogens (primary N) is 1. The Bertz CT molecular complexity index is 435. The summed E-state index contributed by atoms with van der Waals surface area (Å²) in [5.74, 6) is 0.152. The minimum absolute atomic E-state index is 0.152. The molecule has 1 aliphatic rings. The minimum Gasteiger partial charge on any atom is -0.399 e. The summed E-state index contributed by atoms with van der Waals surface area (Å²) in [4.78, 5) is 1.93. The van der Waals surface area contributed by atoms with Crippen molar-refractivity contribution < 1.29 is 8.42 Å². The van der Waals surface area contributed by atoms with Crippen LogP contribution in [0.25, 0.3) is 0 Å². The third-order valence-corrected chi connectivity index (χ3v) is 3.27. The molecule has 15 heavy (non-hydrogen) atoms. The van der Waals surface area contributed by atoms with Crippen molar-refractivity contribution in [1.29, 1.82) is 0 Å². The van der Waals surface area contributed by atoms with Gasteiger partial charge in [-0.3, -0.25) is 4.90 Å². The van der Waals surface area contributed by atoms with Gasteiger partial charge in [0.2, 0.25) is 0 Å². The molecule has 0 fully saturated rings. The summed E-state index contributed by atoms with van der Waals surface area (Å²) in [7, 11) is -2.32. The molecule has 0 amide bonds. The third-order valence-electron chi connectivity index (χ3n) is 2.64. The smallest absolute Gasteiger partial charge is 0.153 e. The monoisotopic (exact) mass is 226 g/mol. The molecule has 1 aliphatic heterocycles. The van der Waals surface area contributed by atoms with Gasteiger partial charge in [0.15, 0.2) is 10.7 Å². The SMILES string of the molecule is Nc1ccc2c(c1)CCN(C[SH](=O)=O)C2. The second kappa shape index (κ2) is 4.20. The summed E-state index contributed by atoms with van der Waals surface area (Å²) in [6.07, 6.45) is 0.879. The van der Waals surface area contributed by atoms with Crippen molar-refractivity contribution in [2.45, 2.75) is 13.0 Å². The molecule has 2 rings (SSSR count). The fraction of sp³-hybridized carbons (Fsp3) is 0.400. The average molecular weight is 226 g/mol. The van der Waals surface area contributed by atoms with Gasteiger partial charge in [0.25, 0.3) is 0 Å². The average Bonchev–Trinajstić information content (AvgIpc) is 2.17. The number of fused-ring (bicyclic) bond motifs is 1. The van der Waals surface area contributed by atoms with Crippen molar-refractivity contribution in [3.63, 3.8) is 0 Å². The molecular weight excluding hydrogens is 212 g/mol. The van der Waals surface area contributed by atoms with E-state index in [1.54, 1.807) is 0 Å². The largest absolute Gasteiger partial charge is 0.399 e. The summed E-state index contributed by atoms with van der Waals surface area (Å²) < 4.78 is 21.2. The van der Waals surface area contributed by atoms with Crippen LogP contribution in [0.5, 0.6) is 0 Å². The molecule has 0 saturated heterocycles. The molecule has 0 bridgehead atoms. The summed E-state index contributed by atoms with van der Waals surface area (Å²) in [6, 6.07) is 5.82. The van der Waals surface area contributed by atoms with Crippen LogP contribution < -0.4 is 5.73 Å². The summed E-state index contributed by atoms with van der Waals surface area (Å²) in [5.41, 5.74) is 8.89. The number of hydrogen-bond donors (Lipinski definition) is 2. The Morgan fingerprint density at radius 3 is 2.87 bits per heavy atom. The molecule has 0 spiro atoms. The van der Waals surface area contributed by atoms with Gasteiger partial charge < -0.3 is 5.73 Å². The fourth-order valence-corrected chi connectivity index (χ4v) is 2.48. The van der Waals surface area contributed by atoms with E-state index in [1.165, 1.54) is 11.1 Å². The molecule has 0 radical (unpaired) electrons. The minimum atomic E-state index is -2.32. The Morgan fingerprint density at radius 1 is 1.33 bits per heavy atom. The van der Waals surface area contributed by atoms with Crippen LogP contribution in [-0.4, -0.2) is 25.7 Å². The highest BCUT2D eigenvalue weighted by Crippen LogP contribution is 2.20. The lowest BCUT2D eigenvalue weighted by atomic mass is 10.00. The first-order valence-corrected chi connectivity index (χ1v) is 6.23. The van der Waals surface area contributed by atoms with Crippen LogP contribution >= 0.6 is 0 Å². The third kappa shape index (κ3) is 2.49. The number of benzene rings is 1. The fourth-order valence-electron chi connectivity index (χ4n) is 1.92. The molecule has 0 saturated carbocycles. The van der Waals surface area contributed by atoms with Crippen LogP contribution in [0.2, 0.25) is 0 Å². The Balaban J connectivity index is 2.16. The van der Waals surface area contributed by atoms with Gasteiger partial charge in [-0.15, -0.1) is 0 Å². The Kier molecular flexibility index (Phi) is 2.93. The van der Waals surface area contributed by atoms with E-state index >= 15 is 0 Å². The van der Waals surface area contributed by atoms with Gasteiger partial charge in [0, 0.05) is 18.8 Å². The van der Waals surface area contributed by atoms with Crippen molar-refractivity contribution in [1.82, 2.24) is 4.90 Å². The first kappa shape index (κ1) is 10.4. The second-order valence-electron chi connectivity index (χ2n) is 3.80. The first-order chi connectivity index (χ1) is 7.15. The van der Waals surface area contributed by atoms with Crippen molar-refractivity contribution >= 4 is 16.4 Å². The van der Waals surface area contributed by atoms with Crippen molar-refractivity contribution in [2.75, 3.05) is 18.2 Å². The number of nitrogens with zero attached hydrogens (tertiary/aromatic N) is 1. The Hall–Kier alpha value is -1.07. The normalized spacial score (nSPS) is 16.6. The predicted molar refractivity (Wildman–Crippen MR) is 60.2 cm³/mol. The zero-order valence-electron chi connectivity index (χ0n) is 8.35. The number of anilines is 1. The predicted octanol–water partition coefficient (Wildman–Crippen LogP) is 0.196. The van der Waals surface area contributed by atoms with Crippen LogP contribution in [0.4, 0.5) is 5.69 Å². The Labute approximate surface area is 90.6 Å². The van der Waals surface area contributed by atoms with Crippen LogP contribution in [0.1, 0.15) is 11.1 Å². The number of thiol groups is 1. The molecule has 0 aliphatic carbocycles. The van der Waals surface area contributed by atoms with Crippen LogP contribution in [-0.2, 0) is 23.7 Å². The molecule has 1 aromatic carbocycles. The molecule has 0 atom stereocenters.